The predicted octanol–water partition coefficient (Wildman–Crippen LogP) is 9.24. The molecule has 0 radical (unpaired) electrons. The molecule has 0 bridgehead atoms. The van der Waals surface area contributed by atoms with Gasteiger partial charge in [0.2, 0.25) is 0 Å². The van der Waals surface area contributed by atoms with Gasteiger partial charge < -0.3 is 9.47 Å². The van der Waals surface area contributed by atoms with Gasteiger partial charge in [0.05, 0.1) is 13.2 Å². The molecule has 0 fully saturated rings. The highest BCUT2D eigenvalue weighted by atomic mass is 32.2. The molecule has 4 rings (SSSR count). The second kappa shape index (κ2) is 12.0. The Bertz CT molecular complexity index is 1110. The van der Waals surface area contributed by atoms with E-state index >= 15 is 0 Å². The molecule has 0 aliphatic rings. The molecular formula is C32H34O2S. The number of hydrogen-bond donors (Lipinski definition) is 0. The molecule has 0 aliphatic carbocycles. The maximum atomic E-state index is 5.89. The largest absolute Gasteiger partial charge is 0.493 e. The number of hydrogen-bond acceptors (Lipinski definition) is 3. The SMILES string of the molecule is CC(C)COc1cccc(-c2ccc(Sc3ccc(-c4cccc(OCC(C)C)c4)cc3)cc2)c1. The predicted molar refractivity (Wildman–Crippen MR) is 149 cm³/mol. The van der Waals surface area contributed by atoms with E-state index in [1.54, 1.807) is 11.8 Å². The van der Waals surface area contributed by atoms with E-state index in [1.807, 2.05) is 12.1 Å². The Kier molecular flexibility index (Phi) is 8.54. The highest BCUT2D eigenvalue weighted by molar-refractivity contribution is 7.99. The van der Waals surface area contributed by atoms with Gasteiger partial charge in [-0.15, -0.1) is 0 Å². The summed E-state index contributed by atoms with van der Waals surface area (Å²) in [5.41, 5.74) is 4.73. The van der Waals surface area contributed by atoms with Crippen molar-refractivity contribution in [1.82, 2.24) is 0 Å². The van der Waals surface area contributed by atoms with Crippen molar-refractivity contribution in [3.63, 3.8) is 0 Å². The van der Waals surface area contributed by atoms with E-state index in [4.69, 9.17) is 9.47 Å². The van der Waals surface area contributed by atoms with E-state index < -0.39 is 0 Å². The standard InChI is InChI=1S/C32H34O2S/c1-23(2)21-33-29-9-5-7-27(19-29)25-11-15-31(16-12-25)35-32-17-13-26(14-18-32)28-8-6-10-30(20-28)34-22-24(3)4/h5-20,23-24H,21-22H2,1-4H3. The lowest BCUT2D eigenvalue weighted by atomic mass is 10.1. The van der Waals surface area contributed by atoms with Crippen molar-refractivity contribution >= 4 is 11.8 Å². The molecular weight excluding hydrogens is 448 g/mol. The third-order valence-corrected chi connectivity index (χ3v) is 6.46. The van der Waals surface area contributed by atoms with Crippen molar-refractivity contribution in [1.29, 1.82) is 0 Å². The van der Waals surface area contributed by atoms with E-state index in [-0.39, 0.29) is 0 Å². The molecule has 0 amide bonds. The molecule has 4 aromatic rings. The van der Waals surface area contributed by atoms with Crippen LogP contribution in [-0.4, -0.2) is 13.2 Å². The van der Waals surface area contributed by atoms with Crippen LogP contribution in [0.4, 0.5) is 0 Å². The highest BCUT2D eigenvalue weighted by Crippen LogP contribution is 2.33. The first-order chi connectivity index (χ1) is 17.0. The van der Waals surface area contributed by atoms with Crippen LogP contribution >= 0.6 is 11.8 Å². The molecule has 3 heteroatoms. The van der Waals surface area contributed by atoms with Gasteiger partial charge >= 0.3 is 0 Å². The molecule has 0 aromatic heterocycles. The summed E-state index contributed by atoms with van der Waals surface area (Å²) in [6.07, 6.45) is 0. The lowest BCUT2D eigenvalue weighted by Crippen LogP contribution is -2.04. The molecule has 0 aliphatic heterocycles. The molecule has 0 atom stereocenters. The molecule has 35 heavy (non-hydrogen) atoms. The van der Waals surface area contributed by atoms with E-state index in [1.165, 1.54) is 32.0 Å². The van der Waals surface area contributed by atoms with Crippen LogP contribution in [0.15, 0.2) is 107 Å². The quantitative estimate of drug-likeness (QED) is 0.224. The second-order valence-electron chi connectivity index (χ2n) is 9.62. The third-order valence-electron chi connectivity index (χ3n) is 5.45. The average molecular weight is 483 g/mol. The summed E-state index contributed by atoms with van der Waals surface area (Å²) in [4.78, 5) is 2.44. The van der Waals surface area contributed by atoms with Crippen molar-refractivity contribution in [3.8, 4) is 33.8 Å². The van der Waals surface area contributed by atoms with Crippen LogP contribution in [0, 0.1) is 11.8 Å². The van der Waals surface area contributed by atoms with E-state index in [9.17, 15) is 0 Å². The zero-order valence-electron chi connectivity index (χ0n) is 21.0. The van der Waals surface area contributed by atoms with Crippen molar-refractivity contribution in [2.75, 3.05) is 13.2 Å². The summed E-state index contributed by atoms with van der Waals surface area (Å²) in [5.74, 6) is 2.87. The first-order valence-electron chi connectivity index (χ1n) is 12.3. The Hall–Kier alpha value is -3.17. The zero-order chi connectivity index (χ0) is 24.6. The maximum Gasteiger partial charge on any atom is 0.119 e. The second-order valence-corrected chi connectivity index (χ2v) is 10.8. The van der Waals surface area contributed by atoms with Gasteiger partial charge in [-0.25, -0.2) is 0 Å². The smallest absolute Gasteiger partial charge is 0.119 e. The minimum Gasteiger partial charge on any atom is -0.493 e. The van der Waals surface area contributed by atoms with Crippen molar-refractivity contribution < 1.29 is 9.47 Å². The minimum absolute atomic E-state index is 0.512. The van der Waals surface area contributed by atoms with Gasteiger partial charge in [0.25, 0.3) is 0 Å². The molecule has 0 N–H and O–H groups in total. The fourth-order valence-corrected chi connectivity index (χ4v) is 4.44. The molecule has 0 unspecified atom stereocenters. The van der Waals surface area contributed by atoms with E-state index in [0.29, 0.717) is 11.8 Å². The maximum absolute atomic E-state index is 5.89. The van der Waals surface area contributed by atoms with Crippen LogP contribution < -0.4 is 9.47 Å². The Balaban J connectivity index is 1.40. The summed E-state index contributed by atoms with van der Waals surface area (Å²) in [7, 11) is 0. The fraction of sp³-hybridized carbons (Fsp3) is 0.250. The van der Waals surface area contributed by atoms with Gasteiger partial charge in [0, 0.05) is 9.79 Å². The summed E-state index contributed by atoms with van der Waals surface area (Å²) < 4.78 is 11.8. The molecule has 0 saturated carbocycles. The molecule has 0 spiro atoms. The van der Waals surface area contributed by atoms with Gasteiger partial charge in [0.15, 0.2) is 0 Å². The third kappa shape index (κ3) is 7.40. The van der Waals surface area contributed by atoms with Gasteiger partial charge in [-0.2, -0.15) is 0 Å². The van der Waals surface area contributed by atoms with Crippen LogP contribution in [0.2, 0.25) is 0 Å². The normalized spacial score (nSPS) is 11.1. The highest BCUT2D eigenvalue weighted by Gasteiger charge is 2.05. The van der Waals surface area contributed by atoms with Crippen LogP contribution in [0.1, 0.15) is 27.7 Å². The Morgan fingerprint density at radius 3 is 1.29 bits per heavy atom. The van der Waals surface area contributed by atoms with Gasteiger partial charge in [-0.3, -0.25) is 0 Å². The van der Waals surface area contributed by atoms with Crippen LogP contribution in [-0.2, 0) is 0 Å². The van der Waals surface area contributed by atoms with Gasteiger partial charge in [0.1, 0.15) is 11.5 Å². The first kappa shape index (κ1) is 24.9. The van der Waals surface area contributed by atoms with E-state index in [0.717, 1.165) is 24.7 Å². The lowest BCUT2D eigenvalue weighted by Gasteiger charge is -2.11. The number of rotatable bonds is 10. The molecule has 2 nitrogen and oxygen atoms in total. The van der Waals surface area contributed by atoms with Gasteiger partial charge in [-0.05, 0) is 82.6 Å². The molecule has 0 saturated heterocycles. The first-order valence-corrected chi connectivity index (χ1v) is 13.1. The summed E-state index contributed by atoms with van der Waals surface area (Å²) >= 11 is 1.77. The zero-order valence-corrected chi connectivity index (χ0v) is 21.8. The Labute approximate surface area is 214 Å². The van der Waals surface area contributed by atoms with Crippen molar-refractivity contribution in [2.45, 2.75) is 37.5 Å². The van der Waals surface area contributed by atoms with Gasteiger partial charge in [-0.1, -0.05) is 88.0 Å². The summed E-state index contributed by atoms with van der Waals surface area (Å²) in [5, 5.41) is 0. The summed E-state index contributed by atoms with van der Waals surface area (Å²) in [6, 6.07) is 34.1. The van der Waals surface area contributed by atoms with Crippen molar-refractivity contribution in [2.24, 2.45) is 11.8 Å². The van der Waals surface area contributed by atoms with Crippen LogP contribution in [0.5, 0.6) is 11.5 Å². The van der Waals surface area contributed by atoms with Crippen molar-refractivity contribution in [3.05, 3.63) is 97.1 Å². The number of benzene rings is 4. The fourth-order valence-electron chi connectivity index (χ4n) is 3.62. The molecule has 4 aromatic carbocycles. The molecule has 180 valence electrons. The Morgan fingerprint density at radius 2 is 0.914 bits per heavy atom. The lowest BCUT2D eigenvalue weighted by molar-refractivity contribution is 0.271. The Morgan fingerprint density at radius 1 is 0.514 bits per heavy atom. The van der Waals surface area contributed by atoms with Crippen LogP contribution in [0.25, 0.3) is 22.3 Å². The average Bonchev–Trinajstić information content (AvgIpc) is 2.87. The topological polar surface area (TPSA) is 18.5 Å². The minimum atomic E-state index is 0.512. The van der Waals surface area contributed by atoms with E-state index in [2.05, 4.69) is 113 Å². The molecule has 0 heterocycles. The summed E-state index contributed by atoms with van der Waals surface area (Å²) in [6.45, 7) is 10.1. The number of ether oxygens (including phenoxy) is 2. The monoisotopic (exact) mass is 482 g/mol. The van der Waals surface area contributed by atoms with Crippen LogP contribution in [0.3, 0.4) is 0 Å².